The average Bonchev–Trinajstić information content (AvgIpc) is 3.26. The molecule has 1 aliphatic rings. The van der Waals surface area contributed by atoms with Gasteiger partial charge >= 0.3 is 7.82 Å². The number of phosphoric ester groups is 1. The predicted octanol–water partition coefficient (Wildman–Crippen LogP) is 9.60. The normalized spacial score (nSPS) is 22.8. The number of aliphatic hydroxyl groups excluding tert-OH is 7. The number of aliphatic hydroxyl groups is 7. The molecule has 376 valence electrons. The second kappa shape index (κ2) is 39.3. The summed E-state index contributed by atoms with van der Waals surface area (Å²) < 4.78 is 23.0. The van der Waals surface area contributed by atoms with E-state index >= 15 is 0 Å². The van der Waals surface area contributed by atoms with Crippen molar-refractivity contribution in [3.05, 3.63) is 0 Å². The van der Waals surface area contributed by atoms with E-state index in [-0.39, 0.29) is 12.8 Å². The van der Waals surface area contributed by atoms with Gasteiger partial charge in [-0.1, -0.05) is 226 Å². The lowest BCUT2D eigenvalue weighted by atomic mass is 9.85. The van der Waals surface area contributed by atoms with Gasteiger partial charge in [-0.15, -0.1) is 0 Å². The third-order valence-electron chi connectivity index (χ3n) is 13.0. The maximum atomic E-state index is 13.1. The summed E-state index contributed by atoms with van der Waals surface area (Å²) in [5, 5.41) is 74.8. The molecule has 9 N–H and O–H groups in total. The largest absolute Gasteiger partial charge is 0.472 e. The Hall–Kier alpha value is -0.700. The number of rotatable bonds is 44. The second-order valence-corrected chi connectivity index (χ2v) is 20.3. The van der Waals surface area contributed by atoms with Gasteiger partial charge in [-0.05, 0) is 12.8 Å². The third-order valence-corrected chi connectivity index (χ3v) is 14.0. The van der Waals surface area contributed by atoms with E-state index in [9.17, 15) is 50.0 Å². The van der Waals surface area contributed by atoms with Gasteiger partial charge in [0.15, 0.2) is 0 Å². The number of hydrogen-bond donors (Lipinski definition) is 9. The Balaban J connectivity index is 2.41. The van der Waals surface area contributed by atoms with Crippen molar-refractivity contribution in [2.24, 2.45) is 0 Å². The van der Waals surface area contributed by atoms with Crippen molar-refractivity contribution in [2.45, 2.75) is 300 Å². The Morgan fingerprint density at radius 2 is 0.794 bits per heavy atom. The van der Waals surface area contributed by atoms with E-state index in [1.807, 2.05) is 0 Å². The summed E-state index contributed by atoms with van der Waals surface area (Å²) in [6.45, 7) is 3.81. The van der Waals surface area contributed by atoms with E-state index in [4.69, 9.17) is 9.05 Å². The molecule has 0 aliphatic heterocycles. The molecule has 0 bridgehead atoms. The van der Waals surface area contributed by atoms with Crippen LogP contribution in [0.4, 0.5) is 0 Å². The molecule has 13 nitrogen and oxygen atoms in total. The number of carbonyl (C=O) groups is 1. The monoisotopic (exact) mass is 924 g/mol. The van der Waals surface area contributed by atoms with Crippen LogP contribution in [-0.2, 0) is 18.4 Å². The molecule has 63 heavy (non-hydrogen) atoms. The summed E-state index contributed by atoms with van der Waals surface area (Å²) in [5.74, 6) is -0.555. The summed E-state index contributed by atoms with van der Waals surface area (Å²) in [7, 11) is -5.11. The first-order chi connectivity index (χ1) is 30.3. The predicted molar refractivity (Wildman–Crippen MR) is 252 cm³/mol. The Labute approximate surface area is 383 Å². The maximum absolute atomic E-state index is 13.1. The van der Waals surface area contributed by atoms with E-state index in [1.54, 1.807) is 0 Å². The summed E-state index contributed by atoms with van der Waals surface area (Å²) in [6.07, 6.45) is 27.2. The first kappa shape index (κ1) is 60.3. The van der Waals surface area contributed by atoms with E-state index in [0.717, 1.165) is 51.4 Å². The molecule has 1 amide bonds. The number of hydrogen-bond acceptors (Lipinski definition) is 11. The molecule has 1 fully saturated rings. The van der Waals surface area contributed by atoms with E-state index in [1.165, 1.54) is 154 Å². The van der Waals surface area contributed by atoms with Crippen LogP contribution in [0.1, 0.15) is 245 Å². The number of amides is 1. The van der Waals surface area contributed by atoms with Crippen molar-refractivity contribution in [1.29, 1.82) is 0 Å². The minimum Gasteiger partial charge on any atom is -0.393 e. The highest BCUT2D eigenvalue weighted by Gasteiger charge is 2.51. The topological polar surface area (TPSA) is 226 Å². The summed E-state index contributed by atoms with van der Waals surface area (Å²) >= 11 is 0. The zero-order chi connectivity index (χ0) is 46.6. The molecular weight excluding hydrogens is 826 g/mol. The highest BCUT2D eigenvalue weighted by molar-refractivity contribution is 7.47. The molecule has 0 radical (unpaired) electrons. The fourth-order valence-corrected chi connectivity index (χ4v) is 9.69. The Morgan fingerprint density at radius 1 is 0.492 bits per heavy atom. The van der Waals surface area contributed by atoms with E-state index < -0.39 is 75.2 Å². The third kappa shape index (κ3) is 31.1. The first-order valence-corrected chi connectivity index (χ1v) is 27.6. The van der Waals surface area contributed by atoms with Crippen molar-refractivity contribution in [2.75, 3.05) is 6.61 Å². The molecule has 0 aromatic rings. The summed E-state index contributed by atoms with van der Waals surface area (Å²) in [6, 6.07) is -1.15. The van der Waals surface area contributed by atoms with E-state index in [0.29, 0.717) is 12.8 Å². The van der Waals surface area contributed by atoms with Gasteiger partial charge in [-0.3, -0.25) is 13.8 Å². The molecule has 0 aromatic carbocycles. The van der Waals surface area contributed by atoms with Gasteiger partial charge in [-0.2, -0.15) is 0 Å². The number of nitrogens with one attached hydrogen (secondary N) is 1. The lowest BCUT2D eigenvalue weighted by Gasteiger charge is -2.41. The van der Waals surface area contributed by atoms with Gasteiger partial charge in [0.2, 0.25) is 5.91 Å². The van der Waals surface area contributed by atoms with Gasteiger partial charge in [0.1, 0.15) is 36.6 Å². The van der Waals surface area contributed by atoms with Crippen LogP contribution in [0.3, 0.4) is 0 Å². The minimum absolute atomic E-state index is 0.215. The van der Waals surface area contributed by atoms with Gasteiger partial charge in [0.25, 0.3) is 0 Å². The zero-order valence-corrected chi connectivity index (χ0v) is 40.9. The summed E-state index contributed by atoms with van der Waals surface area (Å²) in [4.78, 5) is 23.5. The molecular formula is C49H98NO12P. The van der Waals surface area contributed by atoms with Crippen LogP contribution >= 0.6 is 7.82 Å². The second-order valence-electron chi connectivity index (χ2n) is 18.9. The standard InChI is InChI=1S/C49H98NO12P/c1-3-5-7-9-11-13-15-17-18-19-20-21-22-23-25-26-28-30-32-34-36-40(51)38-43(53)50-41(42(52)37-35-33-31-29-27-24-16-14-12-10-8-6-4-2)39-61-63(59,60)62-49-47(57)45(55)44(54)46(56)48(49)58/h40-42,44-49,51-52,54-58H,3-39H2,1-2H3,(H,50,53)(H,59,60). The highest BCUT2D eigenvalue weighted by Crippen LogP contribution is 2.47. The molecule has 8 unspecified atom stereocenters. The Bertz CT molecular complexity index is 1090. The summed E-state index contributed by atoms with van der Waals surface area (Å²) in [5.41, 5.74) is 0. The van der Waals surface area contributed by atoms with Crippen molar-refractivity contribution in [3.63, 3.8) is 0 Å². The van der Waals surface area contributed by atoms with Crippen molar-refractivity contribution in [3.8, 4) is 0 Å². The van der Waals surface area contributed by atoms with Gasteiger partial charge in [0.05, 0.1) is 31.3 Å². The Morgan fingerprint density at radius 3 is 1.14 bits per heavy atom. The van der Waals surface area contributed by atoms with Gasteiger partial charge < -0.3 is 46.0 Å². The minimum atomic E-state index is -5.11. The van der Waals surface area contributed by atoms with Crippen molar-refractivity contribution >= 4 is 13.7 Å². The molecule has 0 spiro atoms. The Kier molecular flexibility index (Phi) is 37.6. The molecule has 1 aliphatic carbocycles. The molecule has 0 saturated heterocycles. The molecule has 8 atom stereocenters. The van der Waals surface area contributed by atoms with Crippen molar-refractivity contribution < 1.29 is 59.0 Å². The molecule has 0 heterocycles. The first-order valence-electron chi connectivity index (χ1n) is 26.1. The number of carbonyl (C=O) groups excluding carboxylic acids is 1. The van der Waals surface area contributed by atoms with Crippen LogP contribution in [0.2, 0.25) is 0 Å². The number of unbranched alkanes of at least 4 members (excludes halogenated alkanes) is 31. The van der Waals surface area contributed by atoms with Crippen LogP contribution < -0.4 is 5.32 Å². The van der Waals surface area contributed by atoms with Crippen LogP contribution in [0.5, 0.6) is 0 Å². The SMILES string of the molecule is CCCCCCCCCCCCCCCCCCCCCCC(O)CC(=O)NC(COP(=O)(O)OC1C(O)C(O)C(O)C(O)C1O)C(O)CCCCCCCCCCCCCCC. The lowest BCUT2D eigenvalue weighted by Crippen LogP contribution is -2.64. The molecule has 14 heteroatoms. The average molecular weight is 924 g/mol. The smallest absolute Gasteiger partial charge is 0.393 e. The quantitative estimate of drug-likeness (QED) is 0.0206. The van der Waals surface area contributed by atoms with Gasteiger partial charge in [0, 0.05) is 0 Å². The zero-order valence-electron chi connectivity index (χ0n) is 40.0. The van der Waals surface area contributed by atoms with Crippen molar-refractivity contribution in [1.82, 2.24) is 5.32 Å². The fourth-order valence-electron chi connectivity index (χ4n) is 8.72. The van der Waals surface area contributed by atoms with Crippen LogP contribution in [0.25, 0.3) is 0 Å². The van der Waals surface area contributed by atoms with Crippen LogP contribution in [0, 0.1) is 0 Å². The van der Waals surface area contributed by atoms with Crippen LogP contribution in [0.15, 0.2) is 0 Å². The number of phosphoric acid groups is 1. The molecule has 0 aromatic heterocycles. The van der Waals surface area contributed by atoms with Gasteiger partial charge in [-0.25, -0.2) is 4.57 Å². The van der Waals surface area contributed by atoms with E-state index in [2.05, 4.69) is 19.2 Å². The maximum Gasteiger partial charge on any atom is 0.472 e. The molecule has 1 saturated carbocycles. The molecule has 1 rings (SSSR count). The van der Waals surface area contributed by atoms with Crippen LogP contribution in [-0.4, -0.2) is 108 Å². The lowest BCUT2D eigenvalue weighted by molar-refractivity contribution is -0.220. The highest BCUT2D eigenvalue weighted by atomic mass is 31.2. The fraction of sp³-hybridized carbons (Fsp3) is 0.980.